The van der Waals surface area contributed by atoms with Crippen LogP contribution in [0.4, 0.5) is 0 Å². The molecule has 0 heterocycles. The van der Waals surface area contributed by atoms with Crippen LogP contribution in [0.1, 0.15) is 13.3 Å². The number of hydrogen-bond acceptors (Lipinski definition) is 1. The first-order chi connectivity index (χ1) is 2.27. The Balaban J connectivity index is -0.0000000800. The number of carboxylic acids is 1. The minimum absolute atomic E-state index is 0. The third kappa shape index (κ3) is 18.7. The van der Waals surface area contributed by atoms with Gasteiger partial charge >= 0.3 is 62.8 Å². The summed E-state index contributed by atoms with van der Waals surface area (Å²) in [7, 11) is 0. The third-order valence-corrected chi connectivity index (χ3v) is 0.302. The normalized spacial score (nSPS) is 5.29. The summed E-state index contributed by atoms with van der Waals surface area (Å²) in [5, 5.41) is 7.72. The summed E-state index contributed by atoms with van der Waals surface area (Å²) in [4.78, 5) is 9.37. The molecule has 0 atom stereocenters. The van der Waals surface area contributed by atoms with E-state index in [1.807, 2.05) is 0 Å². The average molecular weight is 307 g/mol. The van der Waals surface area contributed by atoms with Gasteiger partial charge in [0.1, 0.15) is 0 Å². The van der Waals surface area contributed by atoms with Crippen LogP contribution >= 0.6 is 0 Å². The molecule has 4 heteroatoms. The van der Waals surface area contributed by atoms with Crippen molar-refractivity contribution in [3.8, 4) is 0 Å². The van der Waals surface area contributed by atoms with Crippen molar-refractivity contribution < 1.29 is 9.90 Å². The SMILES string of the molecule is CCC(=O)O.[NaH].[PbH2]. The van der Waals surface area contributed by atoms with Gasteiger partial charge < -0.3 is 5.11 Å². The molecular formula is C3H9NaO2Pb. The van der Waals surface area contributed by atoms with Gasteiger partial charge in [-0.3, -0.25) is 4.79 Å². The molecule has 0 aromatic heterocycles. The first-order valence-electron chi connectivity index (χ1n) is 1.49. The van der Waals surface area contributed by atoms with E-state index in [9.17, 15) is 4.79 Å². The molecule has 0 amide bonds. The van der Waals surface area contributed by atoms with Gasteiger partial charge in [-0.25, -0.2) is 0 Å². The molecule has 0 saturated carbocycles. The van der Waals surface area contributed by atoms with E-state index in [2.05, 4.69) is 0 Å². The second kappa shape index (κ2) is 10.4. The standard InChI is InChI=1S/C3H6O2.Na.Pb.3H/c1-2-3(4)5;;;;;/h2H2,1H3,(H,4,5);;;;;. The summed E-state index contributed by atoms with van der Waals surface area (Å²) < 4.78 is 0. The second-order valence-corrected chi connectivity index (χ2v) is 0.747. The van der Waals surface area contributed by atoms with E-state index in [-0.39, 0.29) is 63.3 Å². The third-order valence-electron chi connectivity index (χ3n) is 0.302. The second-order valence-electron chi connectivity index (χ2n) is 0.747. The predicted molar refractivity (Wildman–Crippen MR) is 33.6 cm³/mol. The quantitative estimate of drug-likeness (QED) is 0.626. The van der Waals surface area contributed by atoms with Crippen molar-refractivity contribution >= 4 is 62.8 Å². The maximum absolute atomic E-state index is 9.37. The molecular weight excluding hydrogens is 298 g/mol. The monoisotopic (exact) mass is 308 g/mol. The zero-order valence-corrected chi connectivity index (χ0v) is 9.27. The maximum atomic E-state index is 9.37. The van der Waals surface area contributed by atoms with Crippen LogP contribution in [-0.2, 0) is 4.79 Å². The molecule has 2 nitrogen and oxygen atoms in total. The van der Waals surface area contributed by atoms with E-state index in [0.29, 0.717) is 0 Å². The van der Waals surface area contributed by atoms with Crippen LogP contribution in [0.15, 0.2) is 0 Å². The molecule has 0 spiro atoms. The molecule has 0 aliphatic rings. The molecule has 0 rings (SSSR count). The van der Waals surface area contributed by atoms with E-state index in [1.165, 1.54) is 0 Å². The Bertz CT molecular complexity index is 48.2. The van der Waals surface area contributed by atoms with E-state index < -0.39 is 5.97 Å². The number of carbonyl (C=O) groups is 1. The fraction of sp³-hybridized carbons (Fsp3) is 0.667. The van der Waals surface area contributed by atoms with Gasteiger partial charge in [0, 0.05) is 6.42 Å². The number of aliphatic carboxylic acids is 1. The minimum atomic E-state index is -0.745. The van der Waals surface area contributed by atoms with Crippen LogP contribution in [0, 0.1) is 0 Å². The molecule has 1 N–H and O–H groups in total. The van der Waals surface area contributed by atoms with Crippen LogP contribution in [0.5, 0.6) is 0 Å². The molecule has 0 aromatic rings. The topological polar surface area (TPSA) is 37.3 Å². The van der Waals surface area contributed by atoms with Crippen molar-refractivity contribution in [2.24, 2.45) is 0 Å². The first kappa shape index (κ1) is 15.8. The first-order valence-corrected chi connectivity index (χ1v) is 1.49. The summed E-state index contributed by atoms with van der Waals surface area (Å²) in [5.74, 6) is -0.745. The summed E-state index contributed by atoms with van der Waals surface area (Å²) >= 11 is 0. The van der Waals surface area contributed by atoms with Crippen molar-refractivity contribution in [3.63, 3.8) is 0 Å². The molecule has 0 unspecified atom stereocenters. The fourth-order valence-corrected chi connectivity index (χ4v) is 0. The van der Waals surface area contributed by atoms with Gasteiger partial charge in [-0.1, -0.05) is 6.92 Å². The van der Waals surface area contributed by atoms with Crippen molar-refractivity contribution in [1.82, 2.24) is 0 Å². The summed E-state index contributed by atoms with van der Waals surface area (Å²) in [6.45, 7) is 1.60. The van der Waals surface area contributed by atoms with Crippen molar-refractivity contribution in [1.29, 1.82) is 0 Å². The van der Waals surface area contributed by atoms with Crippen LogP contribution in [0.2, 0.25) is 0 Å². The van der Waals surface area contributed by atoms with Gasteiger partial charge in [-0.2, -0.15) is 0 Å². The van der Waals surface area contributed by atoms with Gasteiger partial charge in [0.15, 0.2) is 0 Å². The Labute approximate surface area is 85.1 Å². The van der Waals surface area contributed by atoms with Gasteiger partial charge in [0.25, 0.3) is 0 Å². The predicted octanol–water partition coefficient (Wildman–Crippen LogP) is -1.08. The number of carboxylic acid groups (broad SMARTS) is 1. The van der Waals surface area contributed by atoms with Gasteiger partial charge in [-0.15, -0.1) is 0 Å². The summed E-state index contributed by atoms with van der Waals surface area (Å²) in [6, 6.07) is 0. The van der Waals surface area contributed by atoms with Gasteiger partial charge in [-0.05, 0) is 0 Å². The van der Waals surface area contributed by atoms with Crippen molar-refractivity contribution in [2.75, 3.05) is 0 Å². The Morgan fingerprint density at radius 1 is 1.71 bits per heavy atom. The molecule has 38 valence electrons. The van der Waals surface area contributed by atoms with E-state index >= 15 is 0 Å². The van der Waals surface area contributed by atoms with Gasteiger partial charge in [0.05, 0.1) is 0 Å². The zero-order valence-electron chi connectivity index (χ0n) is 3.77. The van der Waals surface area contributed by atoms with E-state index in [0.717, 1.165) is 0 Å². The molecule has 0 aliphatic carbocycles. The van der Waals surface area contributed by atoms with Gasteiger partial charge in [0.2, 0.25) is 0 Å². The Morgan fingerprint density at radius 3 is 1.86 bits per heavy atom. The molecule has 0 saturated heterocycles. The van der Waals surface area contributed by atoms with E-state index in [4.69, 9.17) is 5.11 Å². The molecule has 0 aromatic carbocycles. The number of hydrogen-bond donors (Lipinski definition) is 1. The Morgan fingerprint density at radius 2 is 1.86 bits per heavy atom. The Kier molecular flexibility index (Phi) is 23.4. The molecule has 0 fully saturated rings. The fourth-order valence-electron chi connectivity index (χ4n) is 0. The molecule has 0 bridgehead atoms. The molecule has 7 heavy (non-hydrogen) atoms. The zero-order chi connectivity index (χ0) is 4.28. The molecule has 2 radical (unpaired) electrons. The summed E-state index contributed by atoms with van der Waals surface area (Å²) in [6.07, 6.45) is 0.222. The Hall–Kier alpha value is 1.39. The van der Waals surface area contributed by atoms with Crippen LogP contribution in [0.3, 0.4) is 0 Å². The number of rotatable bonds is 1. The molecule has 0 aliphatic heterocycles. The van der Waals surface area contributed by atoms with E-state index in [1.54, 1.807) is 6.92 Å². The summed E-state index contributed by atoms with van der Waals surface area (Å²) in [5.41, 5.74) is 0. The van der Waals surface area contributed by atoms with Crippen molar-refractivity contribution in [3.05, 3.63) is 0 Å². The van der Waals surface area contributed by atoms with Crippen LogP contribution in [-0.4, -0.2) is 67.9 Å². The average Bonchev–Trinajstić information content (AvgIpc) is 1.38. The van der Waals surface area contributed by atoms with Crippen LogP contribution in [0.25, 0.3) is 0 Å². The van der Waals surface area contributed by atoms with Crippen LogP contribution < -0.4 is 0 Å². The van der Waals surface area contributed by atoms with Crippen molar-refractivity contribution in [2.45, 2.75) is 13.3 Å².